The predicted molar refractivity (Wildman–Crippen MR) is 69.7 cm³/mol. The van der Waals surface area contributed by atoms with Crippen LogP contribution in [0.1, 0.15) is 5.56 Å². The normalized spacial score (nSPS) is 10.1. The molecule has 1 aromatic carbocycles. The number of hydrogen-bond donors (Lipinski definition) is 1. The zero-order valence-electron chi connectivity index (χ0n) is 9.34. The molecule has 1 heterocycles. The molecule has 5 nitrogen and oxygen atoms in total. The van der Waals surface area contributed by atoms with Crippen molar-refractivity contribution in [1.29, 1.82) is 0 Å². The third kappa shape index (κ3) is 2.75. The van der Waals surface area contributed by atoms with Crippen molar-refractivity contribution in [2.75, 3.05) is 5.32 Å². The number of nitrogens with one attached hydrogen (secondary N) is 1. The quantitative estimate of drug-likeness (QED) is 0.679. The van der Waals surface area contributed by atoms with Gasteiger partial charge < -0.3 is 5.32 Å². The smallest absolute Gasteiger partial charge is 0.310 e. The van der Waals surface area contributed by atoms with E-state index in [-0.39, 0.29) is 5.69 Å². The van der Waals surface area contributed by atoms with Gasteiger partial charge in [-0.25, -0.2) is 0 Å². The lowest BCUT2D eigenvalue weighted by molar-refractivity contribution is -0.384. The third-order valence-corrected chi connectivity index (χ3v) is 2.79. The Labute approximate surface area is 109 Å². The minimum atomic E-state index is -0.470. The average molecular weight is 264 g/mol. The van der Waals surface area contributed by atoms with Gasteiger partial charge >= 0.3 is 5.69 Å². The van der Waals surface area contributed by atoms with E-state index in [9.17, 15) is 10.1 Å². The molecule has 0 amide bonds. The highest BCUT2D eigenvalue weighted by Gasteiger charge is 2.12. The van der Waals surface area contributed by atoms with Crippen LogP contribution in [0.3, 0.4) is 0 Å². The fourth-order valence-corrected chi connectivity index (χ4v) is 1.72. The van der Waals surface area contributed by atoms with Crippen molar-refractivity contribution in [2.45, 2.75) is 6.54 Å². The van der Waals surface area contributed by atoms with Gasteiger partial charge in [0.15, 0.2) is 0 Å². The predicted octanol–water partition coefficient (Wildman–Crippen LogP) is 3.26. The molecule has 0 aliphatic heterocycles. The van der Waals surface area contributed by atoms with Crippen LogP contribution in [0.25, 0.3) is 0 Å². The molecule has 0 aliphatic carbocycles. The second-order valence-electron chi connectivity index (χ2n) is 3.59. The van der Waals surface area contributed by atoms with Crippen LogP contribution in [0, 0.1) is 10.1 Å². The lowest BCUT2D eigenvalue weighted by Crippen LogP contribution is -2.03. The fraction of sp³-hybridized carbons (Fsp3) is 0.0833. The van der Waals surface area contributed by atoms with Crippen molar-refractivity contribution < 1.29 is 4.92 Å². The molecule has 0 saturated carbocycles. The molecule has 0 radical (unpaired) electrons. The van der Waals surface area contributed by atoms with Crippen molar-refractivity contribution >= 4 is 23.0 Å². The summed E-state index contributed by atoms with van der Waals surface area (Å²) in [6.45, 7) is 0.421. The maximum atomic E-state index is 10.8. The van der Waals surface area contributed by atoms with Gasteiger partial charge in [0.1, 0.15) is 11.9 Å². The van der Waals surface area contributed by atoms with Gasteiger partial charge in [-0.2, -0.15) is 0 Å². The number of nitrogens with zero attached hydrogens (tertiary/aromatic N) is 2. The monoisotopic (exact) mass is 263 g/mol. The molecule has 6 heteroatoms. The summed E-state index contributed by atoms with van der Waals surface area (Å²) in [6.07, 6.45) is 2.72. The van der Waals surface area contributed by atoms with E-state index in [1.807, 2.05) is 18.2 Å². The Morgan fingerprint density at radius 1 is 1.33 bits per heavy atom. The molecular formula is C12H10ClN3O2. The van der Waals surface area contributed by atoms with Crippen molar-refractivity contribution in [3.63, 3.8) is 0 Å². The number of pyridine rings is 1. The highest BCUT2D eigenvalue weighted by molar-refractivity contribution is 6.31. The van der Waals surface area contributed by atoms with E-state index < -0.39 is 4.92 Å². The summed E-state index contributed by atoms with van der Waals surface area (Å²) in [6, 6.07) is 8.90. The molecule has 92 valence electrons. The van der Waals surface area contributed by atoms with Gasteiger partial charge in [0, 0.05) is 17.8 Å². The highest BCUT2D eigenvalue weighted by Crippen LogP contribution is 2.23. The van der Waals surface area contributed by atoms with Crippen LogP contribution in [-0.2, 0) is 6.54 Å². The Balaban J connectivity index is 2.16. The van der Waals surface area contributed by atoms with E-state index in [0.717, 1.165) is 5.56 Å². The second-order valence-corrected chi connectivity index (χ2v) is 4.00. The van der Waals surface area contributed by atoms with Gasteiger partial charge in [-0.3, -0.25) is 15.1 Å². The summed E-state index contributed by atoms with van der Waals surface area (Å²) < 4.78 is 0. The minimum Gasteiger partial charge on any atom is -0.375 e. The van der Waals surface area contributed by atoms with Gasteiger partial charge in [-0.15, -0.1) is 0 Å². The molecule has 2 rings (SSSR count). The first-order valence-corrected chi connectivity index (χ1v) is 5.62. The van der Waals surface area contributed by atoms with E-state index in [1.54, 1.807) is 12.1 Å². The lowest BCUT2D eigenvalue weighted by Gasteiger charge is -2.07. The van der Waals surface area contributed by atoms with Crippen molar-refractivity contribution in [3.05, 3.63) is 63.4 Å². The first-order valence-electron chi connectivity index (χ1n) is 5.24. The highest BCUT2D eigenvalue weighted by atomic mass is 35.5. The molecule has 0 unspecified atom stereocenters. The Morgan fingerprint density at radius 2 is 2.11 bits per heavy atom. The number of aromatic nitrogens is 1. The first kappa shape index (κ1) is 12.3. The Kier molecular flexibility index (Phi) is 3.74. The van der Waals surface area contributed by atoms with E-state index in [2.05, 4.69) is 10.3 Å². The van der Waals surface area contributed by atoms with Crippen molar-refractivity contribution in [3.8, 4) is 0 Å². The lowest BCUT2D eigenvalue weighted by atomic mass is 10.2. The number of hydrogen-bond acceptors (Lipinski definition) is 4. The molecule has 0 atom stereocenters. The molecule has 1 aromatic heterocycles. The van der Waals surface area contributed by atoms with E-state index in [1.165, 1.54) is 12.4 Å². The van der Waals surface area contributed by atoms with E-state index in [4.69, 9.17) is 11.6 Å². The Hall–Kier alpha value is -2.14. The SMILES string of the molecule is O=[N+]([O-])c1cnccc1NCc1ccccc1Cl. The van der Waals surface area contributed by atoms with E-state index >= 15 is 0 Å². The Bertz CT molecular complexity index is 575. The fourth-order valence-electron chi connectivity index (χ4n) is 1.51. The summed E-state index contributed by atoms with van der Waals surface area (Å²) >= 11 is 6.01. The average Bonchev–Trinajstić information content (AvgIpc) is 2.38. The molecule has 0 spiro atoms. The Morgan fingerprint density at radius 3 is 2.83 bits per heavy atom. The second kappa shape index (κ2) is 5.46. The molecule has 0 fully saturated rings. The topological polar surface area (TPSA) is 68.1 Å². The molecule has 1 N–H and O–H groups in total. The van der Waals surface area contributed by atoms with Crippen molar-refractivity contribution in [1.82, 2.24) is 4.98 Å². The maximum Gasteiger partial charge on any atom is 0.310 e. The van der Waals surface area contributed by atoms with Crippen LogP contribution in [0.4, 0.5) is 11.4 Å². The number of benzene rings is 1. The molecule has 0 bridgehead atoms. The standard InChI is InChI=1S/C12H10ClN3O2/c13-10-4-2-1-3-9(10)7-15-11-5-6-14-8-12(11)16(17)18/h1-6,8H,7H2,(H,14,15). The maximum absolute atomic E-state index is 10.8. The molecule has 0 aliphatic rings. The van der Waals surface area contributed by atoms with Crippen LogP contribution in [0.5, 0.6) is 0 Å². The zero-order valence-corrected chi connectivity index (χ0v) is 10.1. The van der Waals surface area contributed by atoms with Crippen LogP contribution < -0.4 is 5.32 Å². The number of anilines is 1. The first-order chi connectivity index (χ1) is 8.68. The van der Waals surface area contributed by atoms with Crippen LogP contribution in [-0.4, -0.2) is 9.91 Å². The summed E-state index contributed by atoms with van der Waals surface area (Å²) in [7, 11) is 0. The summed E-state index contributed by atoms with van der Waals surface area (Å²) in [5, 5.41) is 14.4. The number of rotatable bonds is 4. The van der Waals surface area contributed by atoms with Gasteiger partial charge in [0.25, 0.3) is 0 Å². The van der Waals surface area contributed by atoms with E-state index in [0.29, 0.717) is 17.3 Å². The molecular weight excluding hydrogens is 254 g/mol. The van der Waals surface area contributed by atoms with Crippen LogP contribution in [0.2, 0.25) is 5.02 Å². The van der Waals surface area contributed by atoms with Gasteiger partial charge in [0.05, 0.1) is 4.92 Å². The molecule has 2 aromatic rings. The molecule has 0 saturated heterocycles. The van der Waals surface area contributed by atoms with Gasteiger partial charge in [-0.1, -0.05) is 29.8 Å². The van der Waals surface area contributed by atoms with Gasteiger partial charge in [-0.05, 0) is 17.7 Å². The van der Waals surface area contributed by atoms with Crippen LogP contribution >= 0.6 is 11.6 Å². The number of nitro groups is 1. The summed E-state index contributed by atoms with van der Waals surface area (Å²) in [5.74, 6) is 0. The van der Waals surface area contributed by atoms with Crippen molar-refractivity contribution in [2.24, 2.45) is 0 Å². The summed E-state index contributed by atoms with van der Waals surface area (Å²) in [5.41, 5.74) is 1.25. The minimum absolute atomic E-state index is 0.0513. The zero-order chi connectivity index (χ0) is 13.0. The third-order valence-electron chi connectivity index (χ3n) is 2.42. The largest absolute Gasteiger partial charge is 0.375 e. The summed E-state index contributed by atoms with van der Waals surface area (Å²) in [4.78, 5) is 14.1. The van der Waals surface area contributed by atoms with Gasteiger partial charge in [0.2, 0.25) is 0 Å². The van der Waals surface area contributed by atoms with Crippen LogP contribution in [0.15, 0.2) is 42.7 Å². The number of halogens is 1. The molecule has 18 heavy (non-hydrogen) atoms.